The number of benzene rings is 1. The zero-order chi connectivity index (χ0) is 17.0. The van der Waals surface area contributed by atoms with E-state index in [2.05, 4.69) is 9.84 Å². The SMILES string of the molecule is COC(=O)CC1=NN(c2ccc(OC)cc2)C(=O)C1=CN(C)C. The second-order valence-electron chi connectivity index (χ2n) is 5.12. The van der Waals surface area contributed by atoms with Crippen molar-refractivity contribution < 1.29 is 19.1 Å². The summed E-state index contributed by atoms with van der Waals surface area (Å²) in [5, 5.41) is 5.55. The first-order valence-corrected chi connectivity index (χ1v) is 6.97. The molecule has 0 spiro atoms. The molecule has 1 amide bonds. The fraction of sp³-hybridized carbons (Fsp3) is 0.312. The molecule has 0 saturated carbocycles. The number of ether oxygens (including phenoxy) is 2. The van der Waals surface area contributed by atoms with Gasteiger partial charge in [0.25, 0.3) is 5.91 Å². The van der Waals surface area contributed by atoms with Gasteiger partial charge in [0.05, 0.1) is 37.6 Å². The zero-order valence-electron chi connectivity index (χ0n) is 13.6. The van der Waals surface area contributed by atoms with E-state index in [0.29, 0.717) is 22.7 Å². The monoisotopic (exact) mass is 317 g/mol. The lowest BCUT2D eigenvalue weighted by molar-refractivity contribution is -0.139. The summed E-state index contributed by atoms with van der Waals surface area (Å²) in [6.45, 7) is 0. The summed E-state index contributed by atoms with van der Waals surface area (Å²) in [6.07, 6.45) is 1.59. The average Bonchev–Trinajstić information content (AvgIpc) is 2.83. The standard InChI is InChI=1S/C16H19N3O4/c1-18(2)10-13-14(9-15(20)23-4)17-19(16(13)21)11-5-7-12(22-3)8-6-11/h5-8,10H,9H2,1-4H3. The van der Waals surface area contributed by atoms with Gasteiger partial charge in [-0.25, -0.2) is 0 Å². The van der Waals surface area contributed by atoms with Gasteiger partial charge in [0.2, 0.25) is 0 Å². The van der Waals surface area contributed by atoms with Crippen LogP contribution < -0.4 is 9.75 Å². The van der Waals surface area contributed by atoms with Gasteiger partial charge < -0.3 is 14.4 Å². The smallest absolute Gasteiger partial charge is 0.311 e. The molecule has 0 aromatic heterocycles. The molecule has 1 aliphatic rings. The third kappa shape index (κ3) is 3.68. The normalized spacial score (nSPS) is 15.7. The molecule has 0 saturated heterocycles. The Kier molecular flexibility index (Phi) is 5.00. The van der Waals surface area contributed by atoms with Crippen LogP contribution in [0.2, 0.25) is 0 Å². The molecule has 0 fully saturated rings. The van der Waals surface area contributed by atoms with Crippen LogP contribution in [0, 0.1) is 0 Å². The Hall–Kier alpha value is -2.83. The number of hydrogen-bond donors (Lipinski definition) is 0. The van der Waals surface area contributed by atoms with Crippen LogP contribution in [0.1, 0.15) is 6.42 Å². The zero-order valence-corrected chi connectivity index (χ0v) is 13.6. The number of hydrazone groups is 1. The van der Waals surface area contributed by atoms with Crippen molar-refractivity contribution in [3.05, 3.63) is 36.0 Å². The van der Waals surface area contributed by atoms with Gasteiger partial charge in [-0.15, -0.1) is 0 Å². The van der Waals surface area contributed by atoms with E-state index in [9.17, 15) is 9.59 Å². The lowest BCUT2D eigenvalue weighted by Crippen LogP contribution is -2.23. The van der Waals surface area contributed by atoms with E-state index in [4.69, 9.17) is 4.74 Å². The molecule has 0 bridgehead atoms. The first-order valence-electron chi connectivity index (χ1n) is 6.97. The van der Waals surface area contributed by atoms with Crippen LogP contribution in [0.25, 0.3) is 0 Å². The molecule has 1 heterocycles. The number of hydrogen-bond acceptors (Lipinski definition) is 6. The van der Waals surface area contributed by atoms with E-state index in [1.165, 1.54) is 12.1 Å². The summed E-state index contributed by atoms with van der Waals surface area (Å²) in [6, 6.07) is 6.95. The molecule has 1 aliphatic heterocycles. The van der Waals surface area contributed by atoms with Gasteiger partial charge in [0.1, 0.15) is 5.75 Å². The number of rotatable bonds is 5. The third-order valence-corrected chi connectivity index (χ3v) is 3.20. The van der Waals surface area contributed by atoms with Crippen molar-refractivity contribution in [2.45, 2.75) is 6.42 Å². The van der Waals surface area contributed by atoms with E-state index < -0.39 is 5.97 Å². The number of carbonyl (C=O) groups excluding carboxylic acids is 2. The van der Waals surface area contributed by atoms with E-state index in [1.807, 2.05) is 0 Å². The summed E-state index contributed by atoms with van der Waals surface area (Å²) in [5.41, 5.74) is 1.35. The highest BCUT2D eigenvalue weighted by Gasteiger charge is 2.32. The molecule has 0 radical (unpaired) electrons. The molecular weight excluding hydrogens is 298 g/mol. The minimum atomic E-state index is -0.446. The third-order valence-electron chi connectivity index (χ3n) is 3.20. The van der Waals surface area contributed by atoms with Gasteiger partial charge in [-0.2, -0.15) is 10.1 Å². The van der Waals surface area contributed by atoms with E-state index >= 15 is 0 Å². The molecule has 0 N–H and O–H groups in total. The molecule has 0 atom stereocenters. The number of carbonyl (C=O) groups is 2. The van der Waals surface area contributed by atoms with Crippen LogP contribution in [0.5, 0.6) is 5.75 Å². The van der Waals surface area contributed by atoms with E-state index in [-0.39, 0.29) is 12.3 Å². The summed E-state index contributed by atoms with van der Waals surface area (Å²) in [7, 11) is 6.47. The van der Waals surface area contributed by atoms with Crippen molar-refractivity contribution in [3.63, 3.8) is 0 Å². The van der Waals surface area contributed by atoms with Crippen molar-refractivity contribution >= 4 is 23.3 Å². The van der Waals surface area contributed by atoms with Crippen LogP contribution in [-0.2, 0) is 14.3 Å². The molecule has 0 unspecified atom stereocenters. The van der Waals surface area contributed by atoms with Gasteiger partial charge >= 0.3 is 5.97 Å². The predicted molar refractivity (Wildman–Crippen MR) is 86.3 cm³/mol. The molecule has 122 valence electrons. The topological polar surface area (TPSA) is 71.4 Å². The van der Waals surface area contributed by atoms with Crippen LogP contribution in [0.3, 0.4) is 0 Å². The highest BCUT2D eigenvalue weighted by Crippen LogP contribution is 2.26. The van der Waals surface area contributed by atoms with Crippen LogP contribution in [0.15, 0.2) is 41.1 Å². The number of methoxy groups -OCH3 is 2. The van der Waals surface area contributed by atoms with Crippen molar-refractivity contribution in [2.75, 3.05) is 33.3 Å². The van der Waals surface area contributed by atoms with Crippen molar-refractivity contribution in [1.29, 1.82) is 0 Å². The predicted octanol–water partition coefficient (Wildman–Crippen LogP) is 1.41. The lowest BCUT2D eigenvalue weighted by Gasteiger charge is -2.12. The largest absolute Gasteiger partial charge is 0.497 e. The number of nitrogens with zero attached hydrogens (tertiary/aromatic N) is 3. The van der Waals surface area contributed by atoms with Gasteiger partial charge in [0, 0.05) is 20.3 Å². The Labute approximate surface area is 134 Å². The number of esters is 1. The molecule has 7 heteroatoms. The van der Waals surface area contributed by atoms with Crippen LogP contribution in [-0.4, -0.2) is 50.8 Å². The second kappa shape index (κ2) is 6.95. The summed E-state index contributed by atoms with van der Waals surface area (Å²) >= 11 is 0. The van der Waals surface area contributed by atoms with Gasteiger partial charge in [-0.3, -0.25) is 9.59 Å². The van der Waals surface area contributed by atoms with E-state index in [1.54, 1.807) is 56.6 Å². The minimum absolute atomic E-state index is 0.0609. The summed E-state index contributed by atoms with van der Waals surface area (Å²) in [5.74, 6) is -0.0521. The number of amides is 1. The molecule has 1 aromatic rings. The molecule has 2 rings (SSSR count). The first-order chi connectivity index (χ1) is 11.0. The maximum atomic E-state index is 12.6. The lowest BCUT2D eigenvalue weighted by atomic mass is 10.1. The maximum absolute atomic E-state index is 12.6. The van der Waals surface area contributed by atoms with Gasteiger partial charge in [-0.05, 0) is 24.3 Å². The van der Waals surface area contributed by atoms with Gasteiger partial charge in [-0.1, -0.05) is 0 Å². The van der Waals surface area contributed by atoms with Gasteiger partial charge in [0.15, 0.2) is 0 Å². The summed E-state index contributed by atoms with van der Waals surface area (Å²) in [4.78, 5) is 25.9. The minimum Gasteiger partial charge on any atom is -0.497 e. The highest BCUT2D eigenvalue weighted by molar-refractivity contribution is 6.32. The molecule has 0 aliphatic carbocycles. The first kappa shape index (κ1) is 16.5. The number of anilines is 1. The maximum Gasteiger partial charge on any atom is 0.311 e. The fourth-order valence-corrected chi connectivity index (χ4v) is 2.08. The van der Waals surface area contributed by atoms with Crippen LogP contribution >= 0.6 is 0 Å². The Bertz CT molecular complexity index is 662. The van der Waals surface area contributed by atoms with Crippen molar-refractivity contribution in [3.8, 4) is 5.75 Å². The Morgan fingerprint density at radius 2 is 1.91 bits per heavy atom. The summed E-state index contributed by atoms with van der Waals surface area (Å²) < 4.78 is 9.77. The molecule has 1 aromatic carbocycles. The molecule has 7 nitrogen and oxygen atoms in total. The quantitative estimate of drug-likeness (QED) is 0.606. The Balaban J connectivity index is 2.36. The van der Waals surface area contributed by atoms with Crippen LogP contribution in [0.4, 0.5) is 5.69 Å². The van der Waals surface area contributed by atoms with Crippen molar-refractivity contribution in [2.24, 2.45) is 5.10 Å². The van der Waals surface area contributed by atoms with Crippen molar-refractivity contribution in [1.82, 2.24) is 4.90 Å². The molecular formula is C16H19N3O4. The molecule has 23 heavy (non-hydrogen) atoms. The highest BCUT2D eigenvalue weighted by atomic mass is 16.5. The Morgan fingerprint density at radius 1 is 1.26 bits per heavy atom. The fourth-order valence-electron chi connectivity index (χ4n) is 2.08. The Morgan fingerprint density at radius 3 is 2.43 bits per heavy atom. The van der Waals surface area contributed by atoms with E-state index in [0.717, 1.165) is 0 Å². The average molecular weight is 317 g/mol. The second-order valence-corrected chi connectivity index (χ2v) is 5.12.